The van der Waals surface area contributed by atoms with Gasteiger partial charge in [-0.3, -0.25) is 19.7 Å². The molecule has 2 unspecified atom stereocenters. The van der Waals surface area contributed by atoms with Crippen LogP contribution in [-0.4, -0.2) is 94.0 Å². The molecule has 2 heterocycles. The highest BCUT2D eigenvalue weighted by atomic mass is 35.5. The fraction of sp³-hybridized carbons (Fsp3) is 0.393. The molecule has 0 aliphatic carbocycles. The number of nitrogens with zero attached hydrogens (tertiary/aromatic N) is 3. The van der Waals surface area contributed by atoms with E-state index in [1.165, 1.54) is 36.2 Å². The maximum atomic E-state index is 14.5. The number of carboxylic acids is 2. The average molecular weight is 676 g/mol. The molecule has 16 heteroatoms. The summed E-state index contributed by atoms with van der Waals surface area (Å²) >= 11 is 18.3. The van der Waals surface area contributed by atoms with Crippen molar-refractivity contribution < 1.29 is 43.5 Å². The van der Waals surface area contributed by atoms with Gasteiger partial charge >= 0.3 is 11.9 Å². The van der Waals surface area contributed by atoms with Gasteiger partial charge in [0, 0.05) is 33.2 Å². The molecule has 1 saturated heterocycles. The molecule has 2 aliphatic heterocycles. The monoisotopic (exact) mass is 674 g/mol. The highest BCUT2D eigenvalue weighted by Crippen LogP contribution is 2.46. The summed E-state index contributed by atoms with van der Waals surface area (Å²) in [6, 6.07) is 8.90. The lowest BCUT2D eigenvalue weighted by molar-refractivity contribution is -1.01. The SMILES string of the molecule is CN1CC(C(=O)O)(C(CN2CC[N+](Cc3c(F)cccc3Cl)(NO)CC2)C(N)=O)C(OCc2ccc(Cl)c(Cl)c2)=C1C(=O)O. The third-order valence-electron chi connectivity index (χ3n) is 8.24. The van der Waals surface area contributed by atoms with Gasteiger partial charge in [0.1, 0.15) is 37.8 Å². The lowest BCUT2D eigenvalue weighted by Crippen LogP contribution is -2.66. The largest absolute Gasteiger partial charge is 0.489 e. The average Bonchev–Trinajstić information content (AvgIpc) is 3.27. The van der Waals surface area contributed by atoms with Crippen molar-refractivity contribution in [2.45, 2.75) is 13.2 Å². The summed E-state index contributed by atoms with van der Waals surface area (Å²) in [4.78, 5) is 41.4. The highest BCUT2D eigenvalue weighted by Gasteiger charge is 2.60. The van der Waals surface area contributed by atoms with Gasteiger partial charge in [-0.05, 0) is 35.4 Å². The zero-order valence-electron chi connectivity index (χ0n) is 23.6. The molecule has 1 fully saturated rings. The number of benzene rings is 2. The highest BCUT2D eigenvalue weighted by molar-refractivity contribution is 6.42. The molecule has 0 radical (unpaired) electrons. The summed E-state index contributed by atoms with van der Waals surface area (Å²) < 4.78 is 20.3. The molecule has 0 saturated carbocycles. The van der Waals surface area contributed by atoms with Crippen molar-refractivity contribution in [1.29, 1.82) is 0 Å². The number of ether oxygens (including phenoxy) is 1. The molecule has 6 N–H and O–H groups in total. The van der Waals surface area contributed by atoms with Gasteiger partial charge in [0.2, 0.25) is 5.91 Å². The fourth-order valence-electron chi connectivity index (χ4n) is 5.83. The number of nitrogens with one attached hydrogen (secondary N) is 1. The number of aliphatic carboxylic acids is 2. The molecule has 1 amide bonds. The van der Waals surface area contributed by atoms with Crippen LogP contribution in [0.2, 0.25) is 15.1 Å². The van der Waals surface area contributed by atoms with Gasteiger partial charge in [-0.15, -0.1) is 0 Å². The Kier molecular flexibility index (Phi) is 10.3. The Hall–Kier alpha value is -3.17. The summed E-state index contributed by atoms with van der Waals surface area (Å²) in [5.74, 6) is -6.25. The molecule has 2 atom stereocenters. The van der Waals surface area contributed by atoms with Crippen LogP contribution in [-0.2, 0) is 32.3 Å². The van der Waals surface area contributed by atoms with E-state index in [-0.39, 0.29) is 71.1 Å². The topological polar surface area (TPSA) is 166 Å². The van der Waals surface area contributed by atoms with Gasteiger partial charge in [-0.2, -0.15) is 0 Å². The molecular weight excluding hydrogens is 644 g/mol. The number of hydrogen-bond acceptors (Lipinski definition) is 8. The number of nitrogens with two attached hydrogens (primary N) is 1. The Morgan fingerprint density at radius 1 is 1.11 bits per heavy atom. The lowest BCUT2D eigenvalue weighted by Gasteiger charge is -2.44. The van der Waals surface area contributed by atoms with Crippen molar-refractivity contribution in [2.75, 3.05) is 46.3 Å². The minimum absolute atomic E-state index is 0.0242. The van der Waals surface area contributed by atoms with E-state index in [4.69, 9.17) is 45.3 Å². The van der Waals surface area contributed by atoms with Crippen molar-refractivity contribution in [3.8, 4) is 0 Å². The second kappa shape index (κ2) is 13.4. The number of carbonyl (C=O) groups excluding carboxylic acids is 1. The first-order valence-corrected chi connectivity index (χ1v) is 14.6. The predicted molar refractivity (Wildman–Crippen MR) is 158 cm³/mol. The van der Waals surface area contributed by atoms with Crippen molar-refractivity contribution in [3.05, 3.63) is 79.9 Å². The zero-order chi connectivity index (χ0) is 32.4. The standard InChI is InChI=1S/C28H31Cl3FN5O7/c1-35-15-28(27(41)42,24(23(35)26(39)40)44-14-16-5-6-20(30)21(31)11-16)18(25(33)38)12-36-7-9-37(34-43,10-8-36)13-17-19(29)3-2-4-22(17)32/h2-6,11,18,34,43H,7-10,12-15H2,1H3,(H3-,33,38,39,40,41,42)/p+1. The van der Waals surface area contributed by atoms with E-state index in [1.54, 1.807) is 17.0 Å². The van der Waals surface area contributed by atoms with Crippen LogP contribution in [0.1, 0.15) is 11.1 Å². The van der Waals surface area contributed by atoms with Crippen LogP contribution in [0.25, 0.3) is 0 Å². The third-order valence-corrected chi connectivity index (χ3v) is 9.34. The number of primary amides is 1. The van der Waals surface area contributed by atoms with Crippen molar-refractivity contribution in [1.82, 2.24) is 15.4 Å². The summed E-state index contributed by atoms with van der Waals surface area (Å²) in [6.07, 6.45) is 0. The van der Waals surface area contributed by atoms with E-state index in [0.717, 1.165) is 0 Å². The number of likely N-dealkylation sites (N-methyl/N-ethyl adjacent to an activating group) is 1. The Morgan fingerprint density at radius 2 is 1.80 bits per heavy atom. The van der Waals surface area contributed by atoms with Gasteiger partial charge in [0.25, 0.3) is 0 Å². The normalized spacial score (nSPS) is 20.9. The predicted octanol–water partition coefficient (Wildman–Crippen LogP) is 2.94. The summed E-state index contributed by atoms with van der Waals surface area (Å²) in [6.45, 7) is 0.138. The number of carboxylic acid groups (broad SMARTS) is 2. The number of rotatable bonds is 12. The number of amides is 1. The zero-order valence-corrected chi connectivity index (χ0v) is 25.9. The Balaban J connectivity index is 1.61. The number of hydrogen-bond donors (Lipinski definition) is 5. The van der Waals surface area contributed by atoms with Crippen LogP contribution >= 0.6 is 34.8 Å². The summed E-state index contributed by atoms with van der Waals surface area (Å²) in [5, 5.41) is 31.4. The molecule has 0 bridgehead atoms. The van der Waals surface area contributed by atoms with Crippen LogP contribution in [0, 0.1) is 17.2 Å². The molecular formula is C28H32Cl3FN5O7+. The van der Waals surface area contributed by atoms with Crippen molar-refractivity contribution in [3.63, 3.8) is 0 Å². The maximum Gasteiger partial charge on any atom is 0.355 e. The summed E-state index contributed by atoms with van der Waals surface area (Å²) in [7, 11) is 1.39. The molecule has 0 aromatic heterocycles. The van der Waals surface area contributed by atoms with Gasteiger partial charge in [0.05, 0.1) is 26.5 Å². The fourth-order valence-corrected chi connectivity index (χ4v) is 6.38. The number of carbonyl (C=O) groups is 3. The Morgan fingerprint density at radius 3 is 2.34 bits per heavy atom. The number of halogens is 4. The first kappa shape index (κ1) is 33.7. The Labute approximate surface area is 267 Å². The first-order chi connectivity index (χ1) is 20.7. The van der Waals surface area contributed by atoms with Crippen molar-refractivity contribution in [2.24, 2.45) is 17.1 Å². The van der Waals surface area contributed by atoms with Gasteiger partial charge in [0.15, 0.2) is 11.1 Å². The van der Waals surface area contributed by atoms with Gasteiger partial charge in [-0.25, -0.2) is 13.8 Å². The molecule has 0 spiro atoms. The van der Waals surface area contributed by atoms with Crippen LogP contribution in [0.5, 0.6) is 0 Å². The van der Waals surface area contributed by atoms with E-state index in [0.29, 0.717) is 5.56 Å². The molecule has 238 valence electrons. The molecule has 12 nitrogen and oxygen atoms in total. The third kappa shape index (κ3) is 6.59. The number of quaternary nitrogens is 1. The van der Waals surface area contributed by atoms with Gasteiger partial charge < -0.3 is 25.6 Å². The van der Waals surface area contributed by atoms with E-state index >= 15 is 0 Å². The quantitative estimate of drug-likeness (QED) is 0.167. The van der Waals surface area contributed by atoms with E-state index in [2.05, 4.69) is 5.59 Å². The first-order valence-electron chi connectivity index (χ1n) is 13.5. The minimum Gasteiger partial charge on any atom is -0.489 e. The minimum atomic E-state index is -2.15. The molecule has 2 aromatic carbocycles. The smallest absolute Gasteiger partial charge is 0.355 e. The molecule has 2 aliphatic rings. The van der Waals surface area contributed by atoms with Crippen LogP contribution in [0.15, 0.2) is 47.9 Å². The van der Waals surface area contributed by atoms with E-state index < -0.39 is 53.0 Å². The number of piperazine rings is 1. The molecule has 44 heavy (non-hydrogen) atoms. The molecule has 4 rings (SSSR count). The maximum absolute atomic E-state index is 14.5. The van der Waals surface area contributed by atoms with Crippen molar-refractivity contribution >= 4 is 52.6 Å². The second-order valence-electron chi connectivity index (χ2n) is 11.0. The summed E-state index contributed by atoms with van der Waals surface area (Å²) in [5.41, 5.74) is 6.21. The van der Waals surface area contributed by atoms with Crippen LogP contribution < -0.4 is 11.3 Å². The second-order valence-corrected chi connectivity index (χ2v) is 12.2. The Bertz CT molecular complexity index is 1470. The molecule has 2 aromatic rings. The van der Waals surface area contributed by atoms with Gasteiger partial charge in [-0.1, -0.05) is 46.9 Å². The van der Waals surface area contributed by atoms with E-state index in [9.17, 15) is 34.2 Å². The van der Waals surface area contributed by atoms with Crippen LogP contribution in [0.3, 0.4) is 0 Å². The lowest BCUT2D eigenvalue weighted by atomic mass is 9.73. The van der Waals surface area contributed by atoms with E-state index in [1.807, 2.05) is 0 Å². The van der Waals surface area contributed by atoms with Crippen LogP contribution in [0.4, 0.5) is 4.39 Å².